The number of urea groups is 1. The molecule has 0 fully saturated rings. The molecular weight excluding hydrogens is 460 g/mol. The van der Waals surface area contributed by atoms with Crippen LogP contribution in [0, 0.1) is 5.92 Å². The molecule has 0 saturated carbocycles. The second-order valence-electron chi connectivity index (χ2n) is 9.41. The first kappa shape index (κ1) is 26.2. The number of nitrogens with one attached hydrogen (secondary N) is 3. The van der Waals surface area contributed by atoms with Crippen LogP contribution in [-0.2, 0) is 9.53 Å². The molecule has 0 bridgehead atoms. The summed E-state index contributed by atoms with van der Waals surface area (Å²) in [7, 11) is 1.81. The van der Waals surface area contributed by atoms with Crippen molar-refractivity contribution >= 4 is 40.7 Å². The number of amides is 2. The van der Waals surface area contributed by atoms with Crippen molar-refractivity contribution in [2.75, 3.05) is 24.3 Å². The maximum absolute atomic E-state index is 13.0. The zero-order chi connectivity index (χ0) is 25.7. The fourth-order valence-corrected chi connectivity index (χ4v) is 3.97. The van der Waals surface area contributed by atoms with Crippen LogP contribution in [0.25, 0.3) is 0 Å². The highest BCUT2D eigenvalue weighted by Gasteiger charge is 2.33. The Morgan fingerprint density at radius 3 is 2.34 bits per heavy atom. The summed E-state index contributed by atoms with van der Waals surface area (Å²) in [6.45, 7) is 10.4. The van der Waals surface area contributed by atoms with E-state index in [0.717, 1.165) is 11.3 Å². The number of allylic oxidation sites excluding steroid dienone is 1. The Morgan fingerprint density at radius 2 is 1.71 bits per heavy atom. The van der Waals surface area contributed by atoms with Crippen molar-refractivity contribution in [2.24, 2.45) is 5.92 Å². The molecule has 0 aliphatic carbocycles. The number of hydrogen-bond acceptors (Lipinski definition) is 4. The molecule has 3 rings (SSSR count). The summed E-state index contributed by atoms with van der Waals surface area (Å²) in [5, 5.41) is 9.47. The van der Waals surface area contributed by atoms with Crippen LogP contribution in [0.4, 0.5) is 16.2 Å². The minimum Gasteiger partial charge on any atom is -0.462 e. The predicted octanol–water partition coefficient (Wildman–Crippen LogP) is 5.79. The van der Waals surface area contributed by atoms with Crippen molar-refractivity contribution in [3.63, 3.8) is 0 Å². The molecule has 1 aliphatic rings. The van der Waals surface area contributed by atoms with Gasteiger partial charge in [-0.1, -0.05) is 52.0 Å². The molecule has 2 aromatic carbocycles. The number of thiocarbonyl (C=S) groups is 1. The highest BCUT2D eigenvalue weighted by molar-refractivity contribution is 7.80. The van der Waals surface area contributed by atoms with E-state index >= 15 is 0 Å². The second kappa shape index (κ2) is 11.4. The van der Waals surface area contributed by atoms with E-state index in [1.807, 2.05) is 70.3 Å². The van der Waals surface area contributed by atoms with Gasteiger partial charge in [0.15, 0.2) is 5.11 Å². The molecule has 1 atom stereocenters. The number of carbonyl (C=O) groups excluding carboxylic acids is 2. The van der Waals surface area contributed by atoms with Gasteiger partial charge in [-0.25, -0.2) is 9.59 Å². The van der Waals surface area contributed by atoms with Crippen LogP contribution in [0.2, 0.25) is 0 Å². The average Bonchev–Trinajstić information content (AvgIpc) is 2.81. The van der Waals surface area contributed by atoms with Crippen molar-refractivity contribution < 1.29 is 14.3 Å². The lowest BCUT2D eigenvalue weighted by Crippen LogP contribution is -2.46. The SMILES string of the molecule is CC1=C(C(=O)OCC(C)C)[C@H](c2cccc(NC(=O)Nc3ccc(C(C)C)cc3)c2)NC(=S)N1C. The first-order valence-corrected chi connectivity index (χ1v) is 12.2. The number of anilines is 2. The molecule has 35 heavy (non-hydrogen) atoms. The number of esters is 1. The summed E-state index contributed by atoms with van der Waals surface area (Å²) in [6.07, 6.45) is 0. The number of nitrogens with zero attached hydrogens (tertiary/aromatic N) is 1. The van der Waals surface area contributed by atoms with Crippen LogP contribution in [-0.4, -0.2) is 35.7 Å². The predicted molar refractivity (Wildman–Crippen MR) is 144 cm³/mol. The smallest absolute Gasteiger partial charge is 0.338 e. The van der Waals surface area contributed by atoms with Gasteiger partial charge in [0.25, 0.3) is 0 Å². The summed E-state index contributed by atoms with van der Waals surface area (Å²) < 4.78 is 5.55. The summed E-state index contributed by atoms with van der Waals surface area (Å²) in [6, 6.07) is 14.3. The van der Waals surface area contributed by atoms with E-state index in [1.54, 1.807) is 11.0 Å². The van der Waals surface area contributed by atoms with Gasteiger partial charge in [-0.3, -0.25) is 0 Å². The van der Waals surface area contributed by atoms with Crippen LogP contribution in [0.5, 0.6) is 0 Å². The van der Waals surface area contributed by atoms with E-state index in [0.29, 0.717) is 34.6 Å². The van der Waals surface area contributed by atoms with E-state index in [2.05, 4.69) is 29.8 Å². The van der Waals surface area contributed by atoms with Crippen LogP contribution in [0.15, 0.2) is 59.8 Å². The molecule has 186 valence electrons. The van der Waals surface area contributed by atoms with Gasteiger partial charge < -0.3 is 25.6 Å². The van der Waals surface area contributed by atoms with Gasteiger partial charge in [-0.15, -0.1) is 0 Å². The first-order valence-electron chi connectivity index (χ1n) is 11.8. The third-order valence-corrected chi connectivity index (χ3v) is 6.23. The van der Waals surface area contributed by atoms with Crippen LogP contribution in [0.3, 0.4) is 0 Å². The lowest BCUT2D eigenvalue weighted by molar-refractivity contribution is -0.140. The number of hydrogen-bond donors (Lipinski definition) is 3. The molecular formula is C27H34N4O3S. The zero-order valence-corrected chi connectivity index (χ0v) is 22.0. The van der Waals surface area contributed by atoms with Gasteiger partial charge in [0.2, 0.25) is 0 Å². The average molecular weight is 495 g/mol. The monoisotopic (exact) mass is 494 g/mol. The van der Waals surface area contributed by atoms with Crippen LogP contribution < -0.4 is 16.0 Å². The fourth-order valence-electron chi connectivity index (χ4n) is 3.71. The Labute approximate surface area is 212 Å². The van der Waals surface area contributed by atoms with Crippen molar-refractivity contribution in [3.05, 3.63) is 70.9 Å². The third-order valence-electron chi connectivity index (χ3n) is 5.83. The number of benzene rings is 2. The minimum atomic E-state index is -0.494. The van der Waals surface area contributed by atoms with Crippen LogP contribution >= 0.6 is 12.2 Å². The van der Waals surface area contributed by atoms with Crippen molar-refractivity contribution in [3.8, 4) is 0 Å². The number of rotatable bonds is 7. The lowest BCUT2D eigenvalue weighted by atomic mass is 9.95. The standard InChI is InChI=1S/C27H34N4O3S/c1-16(2)15-34-25(32)23-18(5)31(6)27(35)30-24(23)20-8-7-9-22(14-20)29-26(33)28-21-12-10-19(11-13-21)17(3)4/h7-14,16-17,24H,15H2,1-6H3,(H,30,35)(H2,28,29,33)/t24-/m0/s1. The Bertz CT molecular complexity index is 1130. The minimum absolute atomic E-state index is 0.223. The van der Waals surface area contributed by atoms with E-state index in [9.17, 15) is 9.59 Å². The Hall–Kier alpha value is -3.39. The summed E-state index contributed by atoms with van der Waals surface area (Å²) >= 11 is 5.48. The Kier molecular flexibility index (Phi) is 8.51. The number of ether oxygens (including phenoxy) is 1. The van der Waals surface area contributed by atoms with Gasteiger partial charge in [-0.2, -0.15) is 0 Å². The van der Waals surface area contributed by atoms with Crippen molar-refractivity contribution in [1.82, 2.24) is 10.2 Å². The normalized spacial score (nSPS) is 15.8. The van der Waals surface area contributed by atoms with E-state index in [4.69, 9.17) is 17.0 Å². The van der Waals surface area contributed by atoms with E-state index in [-0.39, 0.29) is 17.9 Å². The number of carbonyl (C=O) groups is 2. The van der Waals surface area contributed by atoms with Gasteiger partial charge >= 0.3 is 12.0 Å². The quantitative estimate of drug-likeness (QED) is 0.334. The molecule has 0 aromatic heterocycles. The molecule has 0 saturated heterocycles. The topological polar surface area (TPSA) is 82.7 Å². The first-order chi connectivity index (χ1) is 16.6. The molecule has 1 aliphatic heterocycles. The Balaban J connectivity index is 1.79. The van der Waals surface area contributed by atoms with Gasteiger partial charge in [0.1, 0.15) is 0 Å². The highest BCUT2D eigenvalue weighted by atomic mass is 32.1. The molecule has 1 heterocycles. The van der Waals surface area contributed by atoms with Gasteiger partial charge in [0, 0.05) is 24.1 Å². The summed E-state index contributed by atoms with van der Waals surface area (Å²) in [5.74, 6) is 0.261. The molecule has 3 N–H and O–H groups in total. The molecule has 0 unspecified atom stereocenters. The highest BCUT2D eigenvalue weighted by Crippen LogP contribution is 2.32. The van der Waals surface area contributed by atoms with Crippen molar-refractivity contribution in [2.45, 2.75) is 46.6 Å². The van der Waals surface area contributed by atoms with Gasteiger partial charge in [0.05, 0.1) is 18.2 Å². The third kappa shape index (κ3) is 6.60. The molecule has 0 spiro atoms. The van der Waals surface area contributed by atoms with E-state index in [1.165, 1.54) is 5.56 Å². The van der Waals surface area contributed by atoms with Crippen molar-refractivity contribution in [1.29, 1.82) is 0 Å². The van der Waals surface area contributed by atoms with E-state index < -0.39 is 6.04 Å². The lowest BCUT2D eigenvalue weighted by Gasteiger charge is -2.35. The fraction of sp³-hybridized carbons (Fsp3) is 0.370. The van der Waals surface area contributed by atoms with Gasteiger partial charge in [-0.05, 0) is 66.4 Å². The van der Waals surface area contributed by atoms with Crippen LogP contribution in [0.1, 0.15) is 57.7 Å². The summed E-state index contributed by atoms with van der Waals surface area (Å²) in [4.78, 5) is 27.4. The molecule has 8 heteroatoms. The molecule has 0 radical (unpaired) electrons. The largest absolute Gasteiger partial charge is 0.462 e. The second-order valence-corrected chi connectivity index (χ2v) is 9.80. The molecule has 7 nitrogen and oxygen atoms in total. The summed E-state index contributed by atoms with van der Waals surface area (Å²) in [5.41, 5.74) is 4.52. The Morgan fingerprint density at radius 1 is 1.06 bits per heavy atom. The maximum Gasteiger partial charge on any atom is 0.338 e. The zero-order valence-electron chi connectivity index (χ0n) is 21.1. The molecule has 2 amide bonds. The maximum atomic E-state index is 13.0. The molecule has 2 aromatic rings.